The fourth-order valence-electron chi connectivity index (χ4n) is 5.70. The summed E-state index contributed by atoms with van der Waals surface area (Å²) < 4.78 is 5.48. The van der Waals surface area contributed by atoms with Crippen molar-refractivity contribution < 1.29 is 136 Å². The molecule has 0 amide bonds. The van der Waals surface area contributed by atoms with E-state index in [-0.39, 0.29) is 128 Å². The molecule has 0 heterocycles. The molecule has 1 N–H and O–H groups in total. The van der Waals surface area contributed by atoms with E-state index < -0.39 is 0 Å². The van der Waals surface area contributed by atoms with Crippen molar-refractivity contribution in [3.05, 3.63) is 228 Å². The quantitative estimate of drug-likeness (QED) is 0.0540. The second-order valence-electron chi connectivity index (χ2n) is 12.3. The molecule has 0 atom stereocenters. The van der Waals surface area contributed by atoms with E-state index in [4.69, 9.17) is 10.1 Å². The molecular weight excluding hydrogens is 1250 g/mol. The maximum atomic E-state index is 8.64. The summed E-state index contributed by atoms with van der Waals surface area (Å²) in [6, 6.07) is 70.7. The first-order valence-electron chi connectivity index (χ1n) is 18.0. The molecule has 0 spiro atoms. The zero-order valence-electron chi connectivity index (χ0n) is 34.6. The summed E-state index contributed by atoms with van der Waals surface area (Å²) in [6.45, 7) is -0.181. The molecule has 5 nitrogen and oxygen atoms in total. The van der Waals surface area contributed by atoms with Crippen LogP contribution in [0.25, 0.3) is 22.3 Å². The Morgan fingerprint density at radius 2 is 0.839 bits per heavy atom. The van der Waals surface area contributed by atoms with Crippen LogP contribution < -0.4 is 118 Å². The SMILES string of the molecule is Brc1ccccc1N(c1cccc(-c2ccccc2)c1)c1ccccc1Br.Brc1ccccc1Nc1ccccc1Br.Ic1cccc(-c2ccccc2)c1.O=CO[O-].[Cu].[H-].[K+].[K+]. The Morgan fingerprint density at radius 1 is 0.484 bits per heavy atom. The third kappa shape index (κ3) is 18.5. The second kappa shape index (κ2) is 32.0. The van der Waals surface area contributed by atoms with Crippen molar-refractivity contribution >= 4 is 121 Å². The molecule has 13 heteroatoms. The summed E-state index contributed by atoms with van der Waals surface area (Å²) in [5.41, 5.74) is 10.4. The molecule has 0 saturated heterocycles. The van der Waals surface area contributed by atoms with Crippen LogP contribution in [0.3, 0.4) is 0 Å². The largest absolute Gasteiger partial charge is 1.00 e. The van der Waals surface area contributed by atoms with Crippen LogP contribution in [0.2, 0.25) is 0 Å². The predicted molar refractivity (Wildman–Crippen MR) is 266 cm³/mol. The van der Waals surface area contributed by atoms with Gasteiger partial charge in [0.2, 0.25) is 0 Å². The van der Waals surface area contributed by atoms with Crippen molar-refractivity contribution in [2.75, 3.05) is 10.2 Å². The first-order chi connectivity index (χ1) is 28.8. The average molecular weight is 1290 g/mol. The molecule has 0 saturated carbocycles. The van der Waals surface area contributed by atoms with Gasteiger partial charge in [0, 0.05) is 44.2 Å². The van der Waals surface area contributed by atoms with Gasteiger partial charge in [-0.2, -0.15) is 0 Å². The number of benzene rings is 8. The summed E-state index contributed by atoms with van der Waals surface area (Å²) in [7, 11) is 0. The van der Waals surface area contributed by atoms with E-state index in [1.165, 1.54) is 25.8 Å². The van der Waals surface area contributed by atoms with Gasteiger partial charge < -0.3 is 21.8 Å². The van der Waals surface area contributed by atoms with E-state index >= 15 is 0 Å². The second-order valence-corrected chi connectivity index (χ2v) is 17.0. The third-order valence-electron chi connectivity index (χ3n) is 8.39. The minimum absolute atomic E-state index is 0. The molecule has 0 aromatic heterocycles. The van der Waals surface area contributed by atoms with Gasteiger partial charge in [-0.15, -0.1) is 0 Å². The minimum atomic E-state index is -0.181. The topological polar surface area (TPSA) is 64.6 Å². The van der Waals surface area contributed by atoms with Crippen LogP contribution in [0.4, 0.5) is 28.4 Å². The molecule has 8 aromatic carbocycles. The van der Waals surface area contributed by atoms with E-state index in [1.54, 1.807) is 0 Å². The van der Waals surface area contributed by atoms with E-state index in [0.717, 1.165) is 46.3 Å². The van der Waals surface area contributed by atoms with Gasteiger partial charge in [-0.05, 0) is 181 Å². The van der Waals surface area contributed by atoms with Crippen molar-refractivity contribution in [2.24, 2.45) is 0 Å². The zero-order chi connectivity index (χ0) is 41.8. The van der Waals surface area contributed by atoms with E-state index in [9.17, 15) is 0 Å². The van der Waals surface area contributed by atoms with Gasteiger partial charge >= 0.3 is 103 Å². The number of anilines is 5. The molecule has 62 heavy (non-hydrogen) atoms. The number of rotatable bonds is 8. The molecule has 0 aliphatic heterocycles. The molecule has 0 unspecified atom stereocenters. The molecular formula is C49H37Br4CuIK2N2O3. The van der Waals surface area contributed by atoms with Crippen LogP contribution in [0.5, 0.6) is 0 Å². The van der Waals surface area contributed by atoms with Crippen LogP contribution in [0.1, 0.15) is 1.43 Å². The Morgan fingerprint density at radius 3 is 1.24 bits per heavy atom. The Kier molecular flexibility index (Phi) is 29.6. The molecule has 0 fully saturated rings. The van der Waals surface area contributed by atoms with Crippen LogP contribution in [-0.2, 0) is 26.8 Å². The molecule has 0 aliphatic rings. The van der Waals surface area contributed by atoms with Gasteiger partial charge in [-0.25, -0.2) is 0 Å². The number of carbonyl (C=O) groups is 1. The van der Waals surface area contributed by atoms with Crippen LogP contribution in [-0.4, -0.2) is 6.47 Å². The summed E-state index contributed by atoms with van der Waals surface area (Å²) >= 11 is 16.8. The number of nitrogens with one attached hydrogen (secondary N) is 1. The minimum Gasteiger partial charge on any atom is -1.00 e. The van der Waals surface area contributed by atoms with Gasteiger partial charge in [0.25, 0.3) is 6.47 Å². The summed E-state index contributed by atoms with van der Waals surface area (Å²) in [4.78, 5) is 13.5. The van der Waals surface area contributed by atoms with Crippen LogP contribution >= 0.6 is 86.3 Å². The summed E-state index contributed by atoms with van der Waals surface area (Å²) in [5, 5.41) is 11.8. The summed E-state index contributed by atoms with van der Waals surface area (Å²) in [5.74, 6) is 0. The van der Waals surface area contributed by atoms with Crippen LogP contribution in [0, 0.1) is 3.57 Å². The molecule has 0 aliphatic carbocycles. The maximum Gasteiger partial charge on any atom is 1.00 e. The van der Waals surface area contributed by atoms with Gasteiger partial charge in [-0.3, -0.25) is 4.79 Å². The normalized spacial score (nSPS) is 9.45. The first kappa shape index (κ1) is 57.4. The molecule has 309 valence electrons. The Balaban J connectivity index is 0.000000472. The Labute approximate surface area is 508 Å². The van der Waals surface area contributed by atoms with Crippen molar-refractivity contribution in [3.63, 3.8) is 0 Å². The maximum absolute atomic E-state index is 8.64. The number of hydrogen-bond donors (Lipinski definition) is 1. The standard InChI is InChI=1S/C24H17Br2N.C12H9Br2N.C12H9I.CH2O3.Cu.2K.H/c25-21-13-4-6-15-23(21)27(24-16-7-5-14-22(24)26)20-12-8-11-19(17-20)18-9-2-1-3-10-18;13-9-5-1-3-7-11(9)15-12-8-4-2-6-10(12)14;13-12-8-4-7-11(9-12)10-5-2-1-3-6-10;2-1-4-3;;;;/h1-17H;1-8,15H;1-9H;1,3H;;;;/q;;;;;2*+1;-1/p-1. The number of nitrogens with zero attached hydrogens (tertiary/aromatic N) is 1. The molecule has 8 rings (SSSR count). The van der Waals surface area contributed by atoms with Crippen molar-refractivity contribution in [1.29, 1.82) is 0 Å². The van der Waals surface area contributed by atoms with Crippen molar-refractivity contribution in [2.45, 2.75) is 0 Å². The first-order valence-corrected chi connectivity index (χ1v) is 22.3. The number of carbonyl (C=O) groups excluding carboxylic acids is 1. The predicted octanol–water partition coefficient (Wildman–Crippen LogP) is 9.81. The smallest absolute Gasteiger partial charge is 1.00 e. The third-order valence-corrected chi connectivity index (χ3v) is 11.8. The van der Waals surface area contributed by atoms with Gasteiger partial charge in [0.1, 0.15) is 0 Å². The van der Waals surface area contributed by atoms with Gasteiger partial charge in [-0.1, -0.05) is 133 Å². The van der Waals surface area contributed by atoms with Crippen LogP contribution in [0.15, 0.2) is 224 Å². The fourth-order valence-corrected chi connectivity index (χ4v) is 7.93. The molecule has 8 aromatic rings. The van der Waals surface area contributed by atoms with E-state index in [1.807, 2.05) is 72.8 Å². The Bertz CT molecular complexity index is 2470. The van der Waals surface area contributed by atoms with E-state index in [0.29, 0.717) is 0 Å². The molecule has 0 bridgehead atoms. The van der Waals surface area contributed by atoms with Crippen molar-refractivity contribution in [1.82, 2.24) is 0 Å². The summed E-state index contributed by atoms with van der Waals surface area (Å²) in [6.07, 6.45) is 0. The Hall–Kier alpha value is -0.768. The monoisotopic (exact) mass is 1280 g/mol. The van der Waals surface area contributed by atoms with Gasteiger partial charge in [0.15, 0.2) is 0 Å². The zero-order valence-corrected chi connectivity index (χ0v) is 49.3. The average Bonchev–Trinajstić information content (AvgIpc) is 3.28. The fraction of sp³-hybridized carbons (Fsp3) is 0. The number of hydrogen-bond acceptors (Lipinski definition) is 5. The van der Waals surface area contributed by atoms with Crippen molar-refractivity contribution in [3.8, 4) is 22.3 Å². The van der Waals surface area contributed by atoms with Gasteiger partial charge in [0.05, 0.1) is 22.7 Å². The molecule has 1 radical (unpaired) electrons. The number of para-hydroxylation sites is 4. The van der Waals surface area contributed by atoms with E-state index in [2.05, 4.69) is 235 Å². The number of halogens is 5.